The lowest BCUT2D eigenvalue weighted by atomic mass is 9.84. The molecule has 10 nitrogen and oxygen atoms in total. The monoisotopic (exact) mass is 591 g/mol. The molecule has 1 aromatic rings. The van der Waals surface area contributed by atoms with Crippen molar-refractivity contribution in [2.24, 2.45) is 11.3 Å². The van der Waals surface area contributed by atoms with Crippen LogP contribution >= 0.6 is 0 Å². The maximum atomic E-state index is 13.9. The molecule has 0 aromatic heterocycles. The molecule has 1 aliphatic rings. The molecule has 0 bridgehead atoms. The number of benzene rings is 1. The Hall–Kier alpha value is -2.92. The average Bonchev–Trinajstić information content (AvgIpc) is 2.88. The van der Waals surface area contributed by atoms with E-state index in [0.29, 0.717) is 5.69 Å². The van der Waals surface area contributed by atoms with Crippen molar-refractivity contribution < 1.29 is 22.8 Å². The summed E-state index contributed by atoms with van der Waals surface area (Å²) in [6, 6.07) is 4.12. The summed E-state index contributed by atoms with van der Waals surface area (Å²) in [5.41, 5.74) is 5.61. The SMILES string of the molecule is C/C(=C\[C@H](C(C)C)N(C)C(=O)C(NC(=O)[C@H]1CCCCN1C(C)C)C(C)(C)C)C(=O)NS(=O)(=O)c1ccc(N)cc1. The van der Waals surface area contributed by atoms with Crippen molar-refractivity contribution in [2.45, 2.75) is 104 Å². The minimum Gasteiger partial charge on any atom is -0.399 e. The number of rotatable bonds is 10. The molecule has 3 atom stereocenters. The van der Waals surface area contributed by atoms with E-state index in [1.165, 1.54) is 36.1 Å². The Morgan fingerprint density at radius 3 is 2.17 bits per heavy atom. The number of nitrogens with two attached hydrogens (primary N) is 1. The van der Waals surface area contributed by atoms with Crippen LogP contribution in [0.4, 0.5) is 5.69 Å². The largest absolute Gasteiger partial charge is 0.399 e. The number of sulfonamides is 1. The van der Waals surface area contributed by atoms with Crippen LogP contribution in [-0.4, -0.2) is 73.7 Å². The van der Waals surface area contributed by atoms with Gasteiger partial charge in [0.05, 0.1) is 17.0 Å². The van der Waals surface area contributed by atoms with Gasteiger partial charge in [0.1, 0.15) is 6.04 Å². The Labute approximate surface area is 246 Å². The predicted molar refractivity (Wildman–Crippen MR) is 162 cm³/mol. The van der Waals surface area contributed by atoms with E-state index < -0.39 is 33.4 Å². The van der Waals surface area contributed by atoms with Crippen LogP contribution in [0.25, 0.3) is 0 Å². The molecule has 1 heterocycles. The summed E-state index contributed by atoms with van der Waals surface area (Å²) >= 11 is 0. The number of carbonyl (C=O) groups excluding carboxylic acids is 3. The number of likely N-dealkylation sites (tertiary alicyclic amines) is 1. The fourth-order valence-electron chi connectivity index (χ4n) is 5.08. The molecule has 1 aliphatic heterocycles. The molecule has 2 rings (SSSR count). The maximum absolute atomic E-state index is 13.9. The lowest BCUT2D eigenvalue weighted by molar-refractivity contribution is -0.142. The maximum Gasteiger partial charge on any atom is 0.264 e. The zero-order valence-electron chi connectivity index (χ0n) is 26.0. The van der Waals surface area contributed by atoms with E-state index >= 15 is 0 Å². The van der Waals surface area contributed by atoms with Gasteiger partial charge in [-0.2, -0.15) is 0 Å². The Morgan fingerprint density at radius 1 is 1.07 bits per heavy atom. The fraction of sp³-hybridized carbons (Fsp3) is 0.633. The van der Waals surface area contributed by atoms with Gasteiger partial charge in [-0.05, 0) is 75.8 Å². The van der Waals surface area contributed by atoms with E-state index in [4.69, 9.17) is 5.73 Å². The standard InChI is InChI=1S/C30H49N5O5S/c1-19(2)25(18-21(5)27(36)33-41(39,40)23-15-13-22(31)14-16-23)34(9)29(38)26(30(6,7)8)32-28(37)24-12-10-11-17-35(24)20(3)4/h13-16,18-20,24-26H,10-12,17,31H2,1-9H3,(H,32,37)(H,33,36)/b21-18+/t24-,25-,26?/m1/s1. The smallest absolute Gasteiger partial charge is 0.264 e. The molecule has 41 heavy (non-hydrogen) atoms. The topological polar surface area (TPSA) is 142 Å². The summed E-state index contributed by atoms with van der Waals surface area (Å²) < 4.78 is 27.5. The molecule has 1 fully saturated rings. The molecule has 0 radical (unpaired) electrons. The third-order valence-electron chi connectivity index (χ3n) is 7.58. The van der Waals surface area contributed by atoms with Crippen LogP contribution in [0.1, 0.15) is 74.7 Å². The second kappa shape index (κ2) is 13.8. The zero-order chi connectivity index (χ0) is 31.3. The van der Waals surface area contributed by atoms with E-state index in [1.54, 1.807) is 13.1 Å². The van der Waals surface area contributed by atoms with Gasteiger partial charge in [0, 0.05) is 24.4 Å². The predicted octanol–water partition coefficient (Wildman–Crippen LogP) is 3.30. The van der Waals surface area contributed by atoms with Gasteiger partial charge in [0.15, 0.2) is 0 Å². The Morgan fingerprint density at radius 2 is 1.66 bits per heavy atom. The summed E-state index contributed by atoms with van der Waals surface area (Å²) in [6.07, 6.45) is 4.35. The fourth-order valence-corrected chi connectivity index (χ4v) is 6.10. The molecule has 1 unspecified atom stereocenters. The summed E-state index contributed by atoms with van der Waals surface area (Å²) in [6.45, 7) is 16.1. The Bertz CT molecular complexity index is 1220. The third kappa shape index (κ3) is 9.03. The van der Waals surface area contributed by atoms with Gasteiger partial charge in [0.2, 0.25) is 11.8 Å². The van der Waals surface area contributed by atoms with Crippen molar-refractivity contribution in [3.05, 3.63) is 35.9 Å². The number of nitrogens with zero attached hydrogens (tertiary/aromatic N) is 2. The summed E-state index contributed by atoms with van der Waals surface area (Å²) in [4.78, 5) is 43.9. The number of hydrogen-bond acceptors (Lipinski definition) is 7. The van der Waals surface area contributed by atoms with Crippen LogP contribution in [0, 0.1) is 11.3 Å². The molecule has 3 amide bonds. The van der Waals surface area contributed by atoms with Gasteiger partial charge in [-0.15, -0.1) is 0 Å². The quantitative estimate of drug-likeness (QED) is 0.280. The molecule has 11 heteroatoms. The number of amides is 3. The molecule has 1 saturated heterocycles. The minimum absolute atomic E-state index is 0.0849. The van der Waals surface area contributed by atoms with Crippen molar-refractivity contribution in [3.8, 4) is 0 Å². The second-order valence-electron chi connectivity index (χ2n) is 12.7. The number of carbonyl (C=O) groups is 3. The number of anilines is 1. The van der Waals surface area contributed by atoms with Crippen LogP contribution < -0.4 is 15.8 Å². The first kappa shape index (κ1) is 34.3. The molecule has 0 spiro atoms. The van der Waals surface area contributed by atoms with Crippen LogP contribution in [0.15, 0.2) is 40.8 Å². The molecule has 1 aromatic carbocycles. The van der Waals surface area contributed by atoms with Gasteiger partial charge in [-0.25, -0.2) is 13.1 Å². The van der Waals surface area contributed by atoms with E-state index in [1.807, 2.05) is 34.6 Å². The second-order valence-corrected chi connectivity index (χ2v) is 14.4. The number of hydrogen-bond donors (Lipinski definition) is 3. The molecule has 0 aliphatic carbocycles. The highest BCUT2D eigenvalue weighted by Crippen LogP contribution is 2.26. The highest BCUT2D eigenvalue weighted by Gasteiger charge is 2.40. The van der Waals surface area contributed by atoms with Gasteiger partial charge in [0.25, 0.3) is 15.9 Å². The molecular weight excluding hydrogens is 542 g/mol. The minimum atomic E-state index is -4.11. The molecule has 0 saturated carbocycles. The van der Waals surface area contributed by atoms with Crippen molar-refractivity contribution in [1.82, 2.24) is 19.8 Å². The molecular formula is C30H49N5O5S. The first-order valence-corrected chi connectivity index (χ1v) is 15.8. The normalized spacial score (nSPS) is 18.6. The van der Waals surface area contributed by atoms with Crippen LogP contribution in [0.5, 0.6) is 0 Å². The summed E-state index contributed by atoms with van der Waals surface area (Å²) in [5, 5.41) is 3.06. The van der Waals surface area contributed by atoms with E-state index in [-0.39, 0.29) is 40.3 Å². The first-order valence-electron chi connectivity index (χ1n) is 14.3. The Kier molecular flexibility index (Phi) is 11.6. The van der Waals surface area contributed by atoms with E-state index in [0.717, 1.165) is 25.8 Å². The molecule has 4 N–H and O–H groups in total. The molecule has 230 valence electrons. The zero-order valence-corrected chi connectivity index (χ0v) is 26.8. The van der Waals surface area contributed by atoms with E-state index in [2.05, 4.69) is 28.8 Å². The average molecular weight is 592 g/mol. The van der Waals surface area contributed by atoms with Crippen LogP contribution in [0.2, 0.25) is 0 Å². The lowest BCUT2D eigenvalue weighted by Gasteiger charge is -2.41. The summed E-state index contributed by atoms with van der Waals surface area (Å²) in [7, 11) is -2.47. The Balaban J connectivity index is 2.27. The van der Waals surface area contributed by atoms with E-state index in [9.17, 15) is 22.8 Å². The summed E-state index contributed by atoms with van der Waals surface area (Å²) in [5.74, 6) is -1.33. The van der Waals surface area contributed by atoms with Gasteiger partial charge in [-0.1, -0.05) is 47.1 Å². The third-order valence-corrected chi connectivity index (χ3v) is 8.93. The number of piperidine rings is 1. The van der Waals surface area contributed by atoms with Crippen LogP contribution in [0.3, 0.4) is 0 Å². The van der Waals surface area contributed by atoms with Crippen molar-refractivity contribution in [2.75, 3.05) is 19.3 Å². The van der Waals surface area contributed by atoms with Gasteiger partial charge >= 0.3 is 0 Å². The number of nitrogen functional groups attached to an aromatic ring is 1. The van der Waals surface area contributed by atoms with Crippen molar-refractivity contribution in [3.63, 3.8) is 0 Å². The van der Waals surface area contributed by atoms with Crippen LogP contribution in [-0.2, 0) is 24.4 Å². The lowest BCUT2D eigenvalue weighted by Crippen LogP contribution is -2.60. The number of nitrogens with one attached hydrogen (secondary N) is 2. The van der Waals surface area contributed by atoms with Gasteiger partial charge < -0.3 is 16.0 Å². The van der Waals surface area contributed by atoms with Gasteiger partial charge in [-0.3, -0.25) is 19.3 Å². The van der Waals surface area contributed by atoms with Crippen molar-refractivity contribution in [1.29, 1.82) is 0 Å². The highest BCUT2D eigenvalue weighted by molar-refractivity contribution is 7.90. The number of likely N-dealkylation sites (N-methyl/N-ethyl adjacent to an activating group) is 1. The first-order chi connectivity index (χ1) is 18.9. The van der Waals surface area contributed by atoms with Crippen molar-refractivity contribution >= 4 is 33.4 Å². The highest BCUT2D eigenvalue weighted by atomic mass is 32.2.